The van der Waals surface area contributed by atoms with Crippen LogP contribution in [0.1, 0.15) is 6.92 Å². The van der Waals surface area contributed by atoms with Crippen molar-refractivity contribution in [1.29, 1.82) is 0 Å². The molecule has 0 aliphatic carbocycles. The summed E-state index contributed by atoms with van der Waals surface area (Å²) in [5.41, 5.74) is 13.3. The number of ether oxygens (including phenoxy) is 1. The first-order valence-corrected chi connectivity index (χ1v) is 5.45. The summed E-state index contributed by atoms with van der Waals surface area (Å²) in [6.45, 7) is 2.60. The number of anilines is 2. The molecule has 2 aromatic rings. The molecule has 4 heteroatoms. The van der Waals surface area contributed by atoms with Crippen LogP contribution in [-0.2, 0) is 0 Å². The zero-order chi connectivity index (χ0) is 12.3. The summed E-state index contributed by atoms with van der Waals surface area (Å²) in [5.74, 6) is 1.67. The SMILES string of the molecule is CCOc1cccc(-c2cc(N)nc(N)c2)c1. The molecule has 0 atom stereocenters. The predicted octanol–water partition coefficient (Wildman–Crippen LogP) is 2.31. The first-order chi connectivity index (χ1) is 8.19. The van der Waals surface area contributed by atoms with E-state index in [0.717, 1.165) is 16.9 Å². The van der Waals surface area contributed by atoms with E-state index in [1.165, 1.54) is 0 Å². The molecule has 0 unspecified atom stereocenters. The Bertz CT molecular complexity index is 506. The summed E-state index contributed by atoms with van der Waals surface area (Å²) >= 11 is 0. The molecule has 88 valence electrons. The van der Waals surface area contributed by atoms with Crippen molar-refractivity contribution in [2.45, 2.75) is 6.92 Å². The van der Waals surface area contributed by atoms with Crippen LogP contribution in [0.25, 0.3) is 11.1 Å². The topological polar surface area (TPSA) is 74.2 Å². The Hall–Kier alpha value is -2.23. The second-order valence-corrected chi connectivity index (χ2v) is 3.67. The van der Waals surface area contributed by atoms with E-state index in [-0.39, 0.29) is 0 Å². The van der Waals surface area contributed by atoms with Crippen LogP contribution in [0.15, 0.2) is 36.4 Å². The number of nitrogens with zero attached hydrogens (tertiary/aromatic N) is 1. The molecular formula is C13H15N3O. The first-order valence-electron chi connectivity index (χ1n) is 5.45. The molecule has 2 rings (SSSR count). The van der Waals surface area contributed by atoms with Gasteiger partial charge < -0.3 is 16.2 Å². The fraction of sp³-hybridized carbons (Fsp3) is 0.154. The van der Waals surface area contributed by atoms with E-state index in [0.29, 0.717) is 18.2 Å². The first kappa shape index (κ1) is 11.3. The normalized spacial score (nSPS) is 10.2. The molecule has 0 saturated carbocycles. The van der Waals surface area contributed by atoms with Crippen LogP contribution in [0.5, 0.6) is 5.75 Å². The number of hydrogen-bond donors (Lipinski definition) is 2. The van der Waals surface area contributed by atoms with Crippen molar-refractivity contribution < 1.29 is 4.74 Å². The van der Waals surface area contributed by atoms with Gasteiger partial charge in [0.15, 0.2) is 0 Å². The van der Waals surface area contributed by atoms with Gasteiger partial charge in [0, 0.05) is 0 Å². The van der Waals surface area contributed by atoms with Gasteiger partial charge in [0.1, 0.15) is 17.4 Å². The molecule has 17 heavy (non-hydrogen) atoms. The van der Waals surface area contributed by atoms with Crippen molar-refractivity contribution in [3.05, 3.63) is 36.4 Å². The van der Waals surface area contributed by atoms with Gasteiger partial charge in [-0.1, -0.05) is 12.1 Å². The van der Waals surface area contributed by atoms with Crippen molar-refractivity contribution >= 4 is 11.6 Å². The van der Waals surface area contributed by atoms with Gasteiger partial charge in [-0.25, -0.2) is 4.98 Å². The van der Waals surface area contributed by atoms with Crippen LogP contribution in [-0.4, -0.2) is 11.6 Å². The van der Waals surface area contributed by atoms with Gasteiger partial charge in [-0.2, -0.15) is 0 Å². The summed E-state index contributed by atoms with van der Waals surface area (Å²) in [4.78, 5) is 3.94. The lowest BCUT2D eigenvalue weighted by molar-refractivity contribution is 0.340. The van der Waals surface area contributed by atoms with Crippen molar-refractivity contribution in [1.82, 2.24) is 4.98 Å². The Balaban J connectivity index is 2.41. The molecule has 0 saturated heterocycles. The molecule has 0 bridgehead atoms. The number of aromatic nitrogens is 1. The Kier molecular flexibility index (Phi) is 3.14. The minimum absolute atomic E-state index is 0.418. The molecule has 0 aliphatic rings. The molecule has 0 spiro atoms. The highest BCUT2D eigenvalue weighted by Crippen LogP contribution is 2.26. The number of nitrogen functional groups attached to an aromatic ring is 2. The highest BCUT2D eigenvalue weighted by atomic mass is 16.5. The molecule has 4 nitrogen and oxygen atoms in total. The minimum Gasteiger partial charge on any atom is -0.494 e. The third-order valence-electron chi connectivity index (χ3n) is 2.34. The van der Waals surface area contributed by atoms with Gasteiger partial charge in [0.25, 0.3) is 0 Å². The monoisotopic (exact) mass is 229 g/mol. The van der Waals surface area contributed by atoms with Crippen LogP contribution in [0.4, 0.5) is 11.6 Å². The van der Waals surface area contributed by atoms with E-state index >= 15 is 0 Å². The Morgan fingerprint density at radius 3 is 2.41 bits per heavy atom. The summed E-state index contributed by atoms with van der Waals surface area (Å²) < 4.78 is 5.45. The molecule has 0 fully saturated rings. The van der Waals surface area contributed by atoms with Gasteiger partial charge in [-0.3, -0.25) is 0 Å². The smallest absolute Gasteiger partial charge is 0.126 e. The van der Waals surface area contributed by atoms with Crippen LogP contribution >= 0.6 is 0 Å². The molecule has 0 aliphatic heterocycles. The second-order valence-electron chi connectivity index (χ2n) is 3.67. The zero-order valence-corrected chi connectivity index (χ0v) is 9.68. The largest absolute Gasteiger partial charge is 0.494 e. The van der Waals surface area contributed by atoms with Gasteiger partial charge in [0.2, 0.25) is 0 Å². The van der Waals surface area contributed by atoms with E-state index in [4.69, 9.17) is 16.2 Å². The summed E-state index contributed by atoms with van der Waals surface area (Å²) in [5, 5.41) is 0. The van der Waals surface area contributed by atoms with E-state index in [9.17, 15) is 0 Å². The highest BCUT2D eigenvalue weighted by molar-refractivity contribution is 5.70. The van der Waals surface area contributed by atoms with Crippen LogP contribution < -0.4 is 16.2 Å². The second kappa shape index (κ2) is 4.74. The molecule has 4 N–H and O–H groups in total. The molecule has 1 heterocycles. The maximum atomic E-state index is 5.67. The van der Waals surface area contributed by atoms with E-state index in [2.05, 4.69) is 4.98 Å². The number of hydrogen-bond acceptors (Lipinski definition) is 4. The van der Waals surface area contributed by atoms with Crippen molar-refractivity contribution in [3.8, 4) is 16.9 Å². The van der Waals surface area contributed by atoms with Gasteiger partial charge in [-0.15, -0.1) is 0 Å². The van der Waals surface area contributed by atoms with Gasteiger partial charge in [0.05, 0.1) is 6.61 Å². The maximum absolute atomic E-state index is 5.67. The standard InChI is InChI=1S/C13H15N3O/c1-2-17-11-5-3-4-9(6-11)10-7-12(14)16-13(15)8-10/h3-8H,2H2,1H3,(H4,14,15,16). The molecular weight excluding hydrogens is 214 g/mol. The average Bonchev–Trinajstić information content (AvgIpc) is 2.28. The van der Waals surface area contributed by atoms with Crippen molar-refractivity contribution in [2.24, 2.45) is 0 Å². The molecule has 1 aromatic carbocycles. The van der Waals surface area contributed by atoms with E-state index in [1.54, 1.807) is 12.1 Å². The van der Waals surface area contributed by atoms with Crippen LogP contribution in [0.3, 0.4) is 0 Å². The number of pyridine rings is 1. The lowest BCUT2D eigenvalue weighted by atomic mass is 10.1. The van der Waals surface area contributed by atoms with Gasteiger partial charge >= 0.3 is 0 Å². The average molecular weight is 229 g/mol. The summed E-state index contributed by atoms with van der Waals surface area (Å²) in [6, 6.07) is 11.4. The lowest BCUT2D eigenvalue weighted by Crippen LogP contribution is -1.97. The summed E-state index contributed by atoms with van der Waals surface area (Å²) in [6.07, 6.45) is 0. The third-order valence-corrected chi connectivity index (χ3v) is 2.34. The van der Waals surface area contributed by atoms with Crippen LogP contribution in [0.2, 0.25) is 0 Å². The van der Waals surface area contributed by atoms with E-state index in [1.807, 2.05) is 31.2 Å². The Morgan fingerprint density at radius 2 is 1.76 bits per heavy atom. The molecule has 0 amide bonds. The predicted molar refractivity (Wildman–Crippen MR) is 69.7 cm³/mol. The quantitative estimate of drug-likeness (QED) is 0.847. The van der Waals surface area contributed by atoms with Crippen molar-refractivity contribution in [2.75, 3.05) is 18.1 Å². The molecule has 1 aromatic heterocycles. The van der Waals surface area contributed by atoms with Gasteiger partial charge in [-0.05, 0) is 42.3 Å². The fourth-order valence-corrected chi connectivity index (χ4v) is 1.67. The summed E-state index contributed by atoms with van der Waals surface area (Å²) in [7, 11) is 0. The number of nitrogens with two attached hydrogens (primary N) is 2. The Labute approximate surface area is 100 Å². The highest BCUT2D eigenvalue weighted by Gasteiger charge is 2.02. The maximum Gasteiger partial charge on any atom is 0.126 e. The minimum atomic E-state index is 0.418. The van der Waals surface area contributed by atoms with Crippen LogP contribution in [0, 0.1) is 0 Å². The number of rotatable bonds is 3. The Morgan fingerprint density at radius 1 is 1.06 bits per heavy atom. The zero-order valence-electron chi connectivity index (χ0n) is 9.68. The third kappa shape index (κ3) is 2.66. The molecule has 0 radical (unpaired) electrons. The van der Waals surface area contributed by atoms with E-state index < -0.39 is 0 Å². The van der Waals surface area contributed by atoms with Crippen molar-refractivity contribution in [3.63, 3.8) is 0 Å². The number of benzene rings is 1. The fourth-order valence-electron chi connectivity index (χ4n) is 1.67. The lowest BCUT2D eigenvalue weighted by Gasteiger charge is -2.07.